The smallest absolute Gasteiger partial charge is 0.0630 e. The summed E-state index contributed by atoms with van der Waals surface area (Å²) < 4.78 is 5.27. The number of ether oxygens (including phenoxy) is 1. The number of likely N-dealkylation sites (N-methyl/N-ethyl adjacent to an activating group) is 1. The minimum Gasteiger partial charge on any atom is -0.383 e. The molecule has 84 valence electrons. The van der Waals surface area contributed by atoms with Crippen molar-refractivity contribution in [1.82, 2.24) is 10.2 Å². The van der Waals surface area contributed by atoms with E-state index in [-0.39, 0.29) is 0 Å². The van der Waals surface area contributed by atoms with E-state index in [1.54, 1.807) is 7.11 Å². The average Bonchev–Trinajstić information content (AvgIpc) is 2.45. The summed E-state index contributed by atoms with van der Waals surface area (Å²) in [5.74, 6) is 0.834. The Balaban J connectivity index is 2.49. The summed E-state index contributed by atoms with van der Waals surface area (Å²) in [5.41, 5.74) is 0. The number of rotatable bonds is 5. The van der Waals surface area contributed by atoms with Crippen LogP contribution in [-0.4, -0.2) is 50.8 Å². The predicted octanol–water partition coefficient (Wildman–Crippen LogP) is 0.951. The van der Waals surface area contributed by atoms with Gasteiger partial charge in [0.2, 0.25) is 0 Å². The van der Waals surface area contributed by atoms with Gasteiger partial charge in [-0.05, 0) is 26.3 Å². The van der Waals surface area contributed by atoms with Crippen molar-refractivity contribution in [3.05, 3.63) is 0 Å². The maximum atomic E-state index is 5.27. The van der Waals surface area contributed by atoms with Crippen LogP contribution in [-0.2, 0) is 4.74 Å². The normalized spacial score (nSPS) is 30.9. The van der Waals surface area contributed by atoms with E-state index >= 15 is 0 Å². The quantitative estimate of drug-likeness (QED) is 0.715. The van der Waals surface area contributed by atoms with Crippen LogP contribution >= 0.6 is 0 Å². The molecule has 0 radical (unpaired) electrons. The molecule has 0 spiro atoms. The maximum Gasteiger partial charge on any atom is 0.0630 e. The topological polar surface area (TPSA) is 24.5 Å². The molecule has 0 bridgehead atoms. The Hall–Kier alpha value is -0.120. The molecule has 3 nitrogen and oxygen atoms in total. The first-order chi connectivity index (χ1) is 6.69. The summed E-state index contributed by atoms with van der Waals surface area (Å²) in [6.45, 7) is 7.72. The summed E-state index contributed by atoms with van der Waals surface area (Å²) >= 11 is 0. The first-order valence-corrected chi connectivity index (χ1v) is 5.58. The SMILES string of the molecule is CNCC(COC)N1CC(C)CC1C. The second-order valence-corrected chi connectivity index (χ2v) is 4.55. The number of likely N-dealkylation sites (tertiary alicyclic amines) is 1. The predicted molar refractivity (Wildman–Crippen MR) is 59.5 cm³/mol. The van der Waals surface area contributed by atoms with Crippen molar-refractivity contribution >= 4 is 0 Å². The molecule has 1 aliphatic heterocycles. The molecule has 0 saturated carbocycles. The lowest BCUT2D eigenvalue weighted by Gasteiger charge is -2.30. The van der Waals surface area contributed by atoms with E-state index in [0.717, 1.165) is 19.1 Å². The van der Waals surface area contributed by atoms with Gasteiger partial charge in [-0.3, -0.25) is 4.90 Å². The fourth-order valence-corrected chi connectivity index (χ4v) is 2.54. The minimum atomic E-state index is 0.532. The third kappa shape index (κ3) is 2.94. The number of nitrogens with one attached hydrogen (secondary N) is 1. The van der Waals surface area contributed by atoms with Crippen molar-refractivity contribution in [2.75, 3.05) is 33.9 Å². The van der Waals surface area contributed by atoms with Gasteiger partial charge >= 0.3 is 0 Å². The molecule has 0 aliphatic carbocycles. The molecule has 0 aromatic carbocycles. The third-order valence-electron chi connectivity index (χ3n) is 3.10. The zero-order valence-corrected chi connectivity index (χ0v) is 9.92. The Morgan fingerprint density at radius 1 is 1.50 bits per heavy atom. The van der Waals surface area contributed by atoms with Crippen LogP contribution in [0.15, 0.2) is 0 Å². The third-order valence-corrected chi connectivity index (χ3v) is 3.10. The van der Waals surface area contributed by atoms with E-state index < -0.39 is 0 Å². The maximum absolute atomic E-state index is 5.27. The second kappa shape index (κ2) is 5.69. The summed E-state index contributed by atoms with van der Waals surface area (Å²) in [6.07, 6.45) is 1.32. The van der Waals surface area contributed by atoms with E-state index in [1.807, 2.05) is 7.05 Å². The number of nitrogens with zero attached hydrogens (tertiary/aromatic N) is 1. The van der Waals surface area contributed by atoms with E-state index in [2.05, 4.69) is 24.1 Å². The van der Waals surface area contributed by atoms with Crippen LogP contribution in [0.2, 0.25) is 0 Å². The second-order valence-electron chi connectivity index (χ2n) is 4.55. The lowest BCUT2D eigenvalue weighted by Crippen LogP contribution is -2.46. The molecule has 1 saturated heterocycles. The fourth-order valence-electron chi connectivity index (χ4n) is 2.54. The van der Waals surface area contributed by atoms with Crippen LogP contribution in [0, 0.1) is 5.92 Å². The van der Waals surface area contributed by atoms with Crippen LogP contribution in [0.3, 0.4) is 0 Å². The molecule has 1 fully saturated rings. The lowest BCUT2D eigenvalue weighted by atomic mass is 10.1. The van der Waals surface area contributed by atoms with Crippen LogP contribution in [0.5, 0.6) is 0 Å². The molecule has 1 aliphatic rings. The van der Waals surface area contributed by atoms with Crippen molar-refractivity contribution in [2.45, 2.75) is 32.4 Å². The largest absolute Gasteiger partial charge is 0.383 e. The van der Waals surface area contributed by atoms with Crippen LogP contribution in [0.25, 0.3) is 0 Å². The molecule has 3 atom stereocenters. The Bertz CT molecular complexity index is 157. The highest BCUT2D eigenvalue weighted by Gasteiger charge is 2.31. The zero-order chi connectivity index (χ0) is 10.6. The molecule has 3 heteroatoms. The highest BCUT2D eigenvalue weighted by Crippen LogP contribution is 2.24. The van der Waals surface area contributed by atoms with Gasteiger partial charge in [0, 0.05) is 32.3 Å². The number of methoxy groups -OCH3 is 1. The van der Waals surface area contributed by atoms with E-state index in [4.69, 9.17) is 4.74 Å². The van der Waals surface area contributed by atoms with Crippen molar-refractivity contribution in [3.8, 4) is 0 Å². The van der Waals surface area contributed by atoms with Crippen molar-refractivity contribution in [1.29, 1.82) is 0 Å². The Kier molecular flexibility index (Phi) is 4.85. The zero-order valence-electron chi connectivity index (χ0n) is 9.92. The summed E-state index contributed by atoms with van der Waals surface area (Å²) in [4.78, 5) is 2.57. The fraction of sp³-hybridized carbons (Fsp3) is 1.00. The van der Waals surface area contributed by atoms with Gasteiger partial charge in [0.15, 0.2) is 0 Å². The van der Waals surface area contributed by atoms with E-state index in [0.29, 0.717) is 12.1 Å². The Morgan fingerprint density at radius 3 is 2.64 bits per heavy atom. The summed E-state index contributed by atoms with van der Waals surface area (Å²) in [5, 5.41) is 3.24. The van der Waals surface area contributed by atoms with Gasteiger partial charge in [-0.25, -0.2) is 0 Å². The number of hydrogen-bond acceptors (Lipinski definition) is 3. The molecule has 1 heterocycles. The van der Waals surface area contributed by atoms with Gasteiger partial charge < -0.3 is 10.1 Å². The molecule has 0 amide bonds. The van der Waals surface area contributed by atoms with E-state index in [1.165, 1.54) is 13.0 Å². The van der Waals surface area contributed by atoms with Crippen molar-refractivity contribution < 1.29 is 4.74 Å². The standard InChI is InChI=1S/C11H24N2O/c1-9-5-10(2)13(7-9)11(6-12-3)8-14-4/h9-12H,5-8H2,1-4H3. The molecule has 0 aromatic rings. The van der Waals surface area contributed by atoms with Crippen molar-refractivity contribution in [3.63, 3.8) is 0 Å². The van der Waals surface area contributed by atoms with E-state index in [9.17, 15) is 0 Å². The Morgan fingerprint density at radius 2 is 2.21 bits per heavy atom. The van der Waals surface area contributed by atoms with Crippen LogP contribution < -0.4 is 5.32 Å². The Labute approximate surface area is 87.8 Å². The van der Waals surface area contributed by atoms with Gasteiger partial charge in [0.1, 0.15) is 0 Å². The van der Waals surface area contributed by atoms with Gasteiger partial charge in [-0.2, -0.15) is 0 Å². The molecule has 0 aromatic heterocycles. The molecule has 1 rings (SSSR count). The lowest BCUT2D eigenvalue weighted by molar-refractivity contribution is 0.0851. The molecule has 1 N–H and O–H groups in total. The molecule has 14 heavy (non-hydrogen) atoms. The molecular weight excluding hydrogens is 176 g/mol. The van der Waals surface area contributed by atoms with Gasteiger partial charge in [-0.1, -0.05) is 6.92 Å². The van der Waals surface area contributed by atoms with Gasteiger partial charge in [0.05, 0.1) is 6.61 Å². The molecular formula is C11H24N2O. The summed E-state index contributed by atoms with van der Waals surface area (Å²) in [6, 6.07) is 1.24. The number of hydrogen-bond donors (Lipinski definition) is 1. The first kappa shape index (κ1) is 12.0. The highest BCUT2D eigenvalue weighted by atomic mass is 16.5. The van der Waals surface area contributed by atoms with Crippen molar-refractivity contribution in [2.24, 2.45) is 5.92 Å². The van der Waals surface area contributed by atoms with Crippen LogP contribution in [0.4, 0.5) is 0 Å². The van der Waals surface area contributed by atoms with Crippen LogP contribution in [0.1, 0.15) is 20.3 Å². The summed E-state index contributed by atoms with van der Waals surface area (Å²) in [7, 11) is 3.79. The molecule has 3 unspecified atom stereocenters. The monoisotopic (exact) mass is 200 g/mol. The highest BCUT2D eigenvalue weighted by molar-refractivity contribution is 4.86. The minimum absolute atomic E-state index is 0.532. The first-order valence-electron chi connectivity index (χ1n) is 5.58. The van der Waals surface area contributed by atoms with Gasteiger partial charge in [-0.15, -0.1) is 0 Å². The van der Waals surface area contributed by atoms with Gasteiger partial charge in [0.25, 0.3) is 0 Å². The average molecular weight is 200 g/mol.